The molecule has 1 amide bonds. The Morgan fingerprint density at radius 3 is 2.75 bits per heavy atom. The van der Waals surface area contributed by atoms with Gasteiger partial charge in [-0.25, -0.2) is 0 Å². The van der Waals surface area contributed by atoms with Crippen LogP contribution in [0.4, 0.5) is 5.82 Å². The van der Waals surface area contributed by atoms with Gasteiger partial charge in [0.1, 0.15) is 5.75 Å². The van der Waals surface area contributed by atoms with Crippen molar-refractivity contribution in [2.75, 3.05) is 18.0 Å². The summed E-state index contributed by atoms with van der Waals surface area (Å²) in [5.41, 5.74) is 1.69. The average molecular weight is 436 g/mol. The number of rotatable bonds is 6. The zero-order chi connectivity index (χ0) is 21.8. The molecule has 1 aliphatic carbocycles. The van der Waals surface area contributed by atoms with Crippen molar-refractivity contribution >= 4 is 17.4 Å². The minimum absolute atomic E-state index is 0.0182. The standard InChI is InChI=1S/C23H29N7O2/c31-23(24-16-17-5-4-8-20(15-17)32-19-6-2-1-3-7-19)18-11-13-29(14-12-18)22-10-9-21-25-27-28-30(21)26-22/h4-5,8-10,15,18-19H,1-3,6-7,11-14,16H2,(H,24,31). The van der Waals surface area contributed by atoms with E-state index in [9.17, 15) is 4.79 Å². The van der Waals surface area contributed by atoms with Crippen molar-refractivity contribution in [3.05, 3.63) is 42.0 Å². The second kappa shape index (κ2) is 9.50. The highest BCUT2D eigenvalue weighted by Crippen LogP contribution is 2.25. The lowest BCUT2D eigenvalue weighted by Gasteiger charge is -2.31. The number of tetrazole rings is 1. The van der Waals surface area contributed by atoms with E-state index in [1.807, 2.05) is 30.3 Å². The van der Waals surface area contributed by atoms with E-state index in [0.717, 1.165) is 55.9 Å². The van der Waals surface area contributed by atoms with Gasteiger partial charge in [0.15, 0.2) is 11.5 Å². The van der Waals surface area contributed by atoms with E-state index in [-0.39, 0.29) is 11.8 Å². The number of fused-ring (bicyclic) bond motifs is 1. The van der Waals surface area contributed by atoms with Crippen LogP contribution in [0.3, 0.4) is 0 Å². The van der Waals surface area contributed by atoms with E-state index in [1.165, 1.54) is 23.9 Å². The van der Waals surface area contributed by atoms with Crippen molar-refractivity contribution in [1.82, 2.24) is 30.6 Å². The van der Waals surface area contributed by atoms with Crippen LogP contribution in [0.25, 0.3) is 5.65 Å². The van der Waals surface area contributed by atoms with Crippen molar-refractivity contribution < 1.29 is 9.53 Å². The maximum absolute atomic E-state index is 12.7. The normalized spacial score (nSPS) is 18.1. The van der Waals surface area contributed by atoms with Crippen molar-refractivity contribution in [2.24, 2.45) is 5.92 Å². The fourth-order valence-corrected chi connectivity index (χ4v) is 4.62. The van der Waals surface area contributed by atoms with Crippen LogP contribution in [0, 0.1) is 5.92 Å². The van der Waals surface area contributed by atoms with Crippen molar-refractivity contribution in [3.8, 4) is 5.75 Å². The molecule has 0 spiro atoms. The summed E-state index contributed by atoms with van der Waals surface area (Å²) >= 11 is 0. The minimum Gasteiger partial charge on any atom is -0.490 e. The van der Waals surface area contributed by atoms with E-state index >= 15 is 0 Å². The van der Waals surface area contributed by atoms with Gasteiger partial charge in [-0.05, 0) is 78.8 Å². The van der Waals surface area contributed by atoms with Gasteiger partial charge in [0.25, 0.3) is 0 Å². The lowest BCUT2D eigenvalue weighted by Crippen LogP contribution is -2.40. The molecule has 0 radical (unpaired) electrons. The number of nitrogens with zero attached hydrogens (tertiary/aromatic N) is 6. The van der Waals surface area contributed by atoms with E-state index < -0.39 is 0 Å². The lowest BCUT2D eigenvalue weighted by atomic mass is 9.96. The third-order valence-electron chi connectivity index (χ3n) is 6.47. The highest BCUT2D eigenvalue weighted by molar-refractivity contribution is 5.79. The highest BCUT2D eigenvalue weighted by Gasteiger charge is 2.26. The maximum atomic E-state index is 12.7. The van der Waals surface area contributed by atoms with Crippen LogP contribution in [0.2, 0.25) is 0 Å². The molecule has 1 aromatic carbocycles. The molecule has 9 nitrogen and oxygen atoms in total. The molecule has 1 saturated carbocycles. The summed E-state index contributed by atoms with van der Waals surface area (Å²) in [6, 6.07) is 11.9. The second-order valence-electron chi connectivity index (χ2n) is 8.72. The zero-order valence-corrected chi connectivity index (χ0v) is 18.2. The SMILES string of the molecule is O=C(NCc1cccc(OC2CCCCC2)c1)C1CCN(c2ccc3nnnn3n2)CC1. The lowest BCUT2D eigenvalue weighted by molar-refractivity contribution is -0.125. The molecule has 2 aliphatic rings. The number of hydrogen-bond donors (Lipinski definition) is 1. The molecule has 0 bridgehead atoms. The zero-order valence-electron chi connectivity index (χ0n) is 18.2. The van der Waals surface area contributed by atoms with Gasteiger partial charge >= 0.3 is 0 Å². The van der Waals surface area contributed by atoms with Gasteiger partial charge in [0.2, 0.25) is 5.91 Å². The Labute approximate surface area is 187 Å². The molecule has 3 aromatic rings. The predicted molar refractivity (Wildman–Crippen MR) is 119 cm³/mol. The maximum Gasteiger partial charge on any atom is 0.223 e. The molecule has 3 heterocycles. The summed E-state index contributed by atoms with van der Waals surface area (Å²) in [6.07, 6.45) is 8.02. The molecule has 32 heavy (non-hydrogen) atoms. The van der Waals surface area contributed by atoms with Crippen LogP contribution in [-0.2, 0) is 11.3 Å². The molecular weight excluding hydrogens is 406 g/mol. The molecule has 2 fully saturated rings. The molecular formula is C23H29N7O2. The number of nitrogens with one attached hydrogen (secondary N) is 1. The smallest absolute Gasteiger partial charge is 0.223 e. The number of piperidine rings is 1. The average Bonchev–Trinajstić information content (AvgIpc) is 3.32. The monoisotopic (exact) mass is 435 g/mol. The van der Waals surface area contributed by atoms with Crippen LogP contribution in [0.5, 0.6) is 5.75 Å². The number of aromatic nitrogens is 5. The van der Waals surface area contributed by atoms with E-state index in [2.05, 4.69) is 36.9 Å². The van der Waals surface area contributed by atoms with Gasteiger partial charge in [-0.3, -0.25) is 4.79 Å². The van der Waals surface area contributed by atoms with Crippen molar-refractivity contribution in [1.29, 1.82) is 0 Å². The van der Waals surface area contributed by atoms with Crippen LogP contribution >= 0.6 is 0 Å². The number of benzene rings is 1. The van der Waals surface area contributed by atoms with E-state index in [0.29, 0.717) is 18.3 Å². The summed E-state index contributed by atoms with van der Waals surface area (Å²) in [6.45, 7) is 2.09. The summed E-state index contributed by atoms with van der Waals surface area (Å²) in [7, 11) is 0. The Kier molecular flexibility index (Phi) is 6.13. The third kappa shape index (κ3) is 4.81. The Hall–Kier alpha value is -3.23. The molecule has 1 saturated heterocycles. The third-order valence-corrected chi connectivity index (χ3v) is 6.47. The fourth-order valence-electron chi connectivity index (χ4n) is 4.62. The molecule has 168 valence electrons. The van der Waals surface area contributed by atoms with Crippen LogP contribution < -0.4 is 15.0 Å². The number of amides is 1. The van der Waals surface area contributed by atoms with Gasteiger partial charge in [-0.15, -0.1) is 14.8 Å². The summed E-state index contributed by atoms with van der Waals surface area (Å²) in [5.74, 6) is 1.87. The molecule has 0 unspecified atom stereocenters. The first-order valence-corrected chi connectivity index (χ1v) is 11.6. The first kappa shape index (κ1) is 20.7. The van der Waals surface area contributed by atoms with Crippen LogP contribution in [0.1, 0.15) is 50.5 Å². The highest BCUT2D eigenvalue weighted by atomic mass is 16.5. The van der Waals surface area contributed by atoms with Crippen molar-refractivity contribution in [2.45, 2.75) is 57.6 Å². The Bertz CT molecular complexity index is 1060. The molecule has 0 atom stereocenters. The summed E-state index contributed by atoms with van der Waals surface area (Å²) in [5, 5.41) is 18.9. The van der Waals surface area contributed by atoms with Crippen LogP contribution in [0.15, 0.2) is 36.4 Å². The molecule has 1 N–H and O–H groups in total. The Balaban J connectivity index is 1.11. The van der Waals surface area contributed by atoms with Gasteiger partial charge in [-0.2, -0.15) is 0 Å². The number of ether oxygens (including phenoxy) is 1. The van der Waals surface area contributed by atoms with E-state index in [4.69, 9.17) is 4.74 Å². The topological polar surface area (TPSA) is 97.5 Å². The fraction of sp³-hybridized carbons (Fsp3) is 0.522. The van der Waals surface area contributed by atoms with Crippen LogP contribution in [-0.4, -0.2) is 50.4 Å². The Morgan fingerprint density at radius 2 is 1.91 bits per heavy atom. The number of hydrogen-bond acceptors (Lipinski definition) is 7. The molecule has 5 rings (SSSR count). The van der Waals surface area contributed by atoms with Gasteiger partial charge < -0.3 is 15.0 Å². The second-order valence-corrected chi connectivity index (χ2v) is 8.72. The first-order chi connectivity index (χ1) is 15.7. The predicted octanol–water partition coefficient (Wildman–Crippen LogP) is 2.76. The number of carbonyl (C=O) groups is 1. The Morgan fingerprint density at radius 1 is 1.06 bits per heavy atom. The number of anilines is 1. The van der Waals surface area contributed by atoms with Crippen molar-refractivity contribution in [3.63, 3.8) is 0 Å². The summed E-state index contributed by atoms with van der Waals surface area (Å²) in [4.78, 5) is 14.9. The summed E-state index contributed by atoms with van der Waals surface area (Å²) < 4.78 is 7.59. The molecule has 9 heteroatoms. The number of carbonyl (C=O) groups excluding carboxylic acids is 1. The largest absolute Gasteiger partial charge is 0.490 e. The van der Waals surface area contributed by atoms with E-state index in [1.54, 1.807) is 0 Å². The first-order valence-electron chi connectivity index (χ1n) is 11.6. The van der Waals surface area contributed by atoms with Gasteiger partial charge in [0, 0.05) is 25.6 Å². The molecule has 1 aliphatic heterocycles. The van der Waals surface area contributed by atoms with Gasteiger partial charge in [0.05, 0.1) is 6.10 Å². The minimum atomic E-state index is 0.0182. The quantitative estimate of drug-likeness (QED) is 0.636. The molecule has 2 aromatic heterocycles. The van der Waals surface area contributed by atoms with Gasteiger partial charge in [-0.1, -0.05) is 18.6 Å².